The van der Waals surface area contributed by atoms with E-state index in [1.807, 2.05) is 24.3 Å². The molecule has 3 aromatic rings. The van der Waals surface area contributed by atoms with E-state index in [1.165, 1.54) is 0 Å². The number of ketones is 2. The van der Waals surface area contributed by atoms with Crippen LogP contribution in [0.2, 0.25) is 5.02 Å². The molecule has 0 atom stereocenters. The molecule has 0 unspecified atom stereocenters. The normalized spacial score (nSPS) is 13.6. The topological polar surface area (TPSA) is 61.8 Å². The van der Waals surface area contributed by atoms with Gasteiger partial charge in [0.05, 0.1) is 12.7 Å². The Morgan fingerprint density at radius 3 is 2.61 bits per heavy atom. The number of carbonyl (C=O) groups excluding carboxylic acids is 2. The number of rotatable bonds is 6. The van der Waals surface area contributed by atoms with Crippen molar-refractivity contribution in [3.63, 3.8) is 0 Å². The number of methoxy groups -OCH3 is 1. The Hall–Kier alpha value is -3.57. The van der Waals surface area contributed by atoms with Crippen LogP contribution in [0, 0.1) is 6.92 Å². The fourth-order valence-corrected chi connectivity index (χ4v) is 3.40. The molecule has 3 aromatic carbocycles. The third kappa shape index (κ3) is 4.32. The summed E-state index contributed by atoms with van der Waals surface area (Å²) in [6, 6.07) is 17.3. The molecule has 0 bridgehead atoms. The molecule has 6 heteroatoms. The molecule has 0 fully saturated rings. The van der Waals surface area contributed by atoms with E-state index in [4.69, 9.17) is 25.8 Å². The highest BCUT2D eigenvalue weighted by atomic mass is 35.5. The summed E-state index contributed by atoms with van der Waals surface area (Å²) in [6.45, 7) is 1.66. The quantitative estimate of drug-likeness (QED) is 0.377. The SMILES string of the molecule is COc1cccc(/C=C2\Oc3c(ccc(OCC(=O)c4ccc(Cl)cc4)c3C)C2=O)c1. The highest BCUT2D eigenvalue weighted by molar-refractivity contribution is 6.30. The molecular weight excluding hydrogens is 416 g/mol. The predicted molar refractivity (Wildman–Crippen MR) is 118 cm³/mol. The van der Waals surface area contributed by atoms with Crippen LogP contribution in [0.25, 0.3) is 6.08 Å². The second-order valence-corrected chi connectivity index (χ2v) is 7.44. The first-order valence-corrected chi connectivity index (χ1v) is 9.97. The molecule has 1 aliphatic rings. The van der Waals surface area contributed by atoms with Gasteiger partial charge in [0.15, 0.2) is 18.1 Å². The predicted octanol–water partition coefficient (Wildman–Crippen LogP) is 5.53. The zero-order valence-corrected chi connectivity index (χ0v) is 17.7. The lowest BCUT2D eigenvalue weighted by Gasteiger charge is -2.11. The minimum absolute atomic E-state index is 0.137. The molecule has 1 heterocycles. The first-order chi connectivity index (χ1) is 15.0. The number of fused-ring (bicyclic) bond motifs is 1. The molecule has 0 aromatic heterocycles. The van der Waals surface area contributed by atoms with E-state index in [2.05, 4.69) is 0 Å². The van der Waals surface area contributed by atoms with Crippen molar-refractivity contribution in [3.8, 4) is 17.2 Å². The molecule has 31 heavy (non-hydrogen) atoms. The lowest BCUT2D eigenvalue weighted by molar-refractivity contribution is 0.0920. The lowest BCUT2D eigenvalue weighted by atomic mass is 10.1. The number of benzene rings is 3. The number of hydrogen-bond acceptors (Lipinski definition) is 5. The van der Waals surface area contributed by atoms with Crippen LogP contribution in [0.1, 0.15) is 31.8 Å². The highest BCUT2D eigenvalue weighted by Crippen LogP contribution is 2.39. The Morgan fingerprint density at radius 1 is 1.10 bits per heavy atom. The molecule has 0 saturated heterocycles. The summed E-state index contributed by atoms with van der Waals surface area (Å²) in [7, 11) is 1.59. The minimum atomic E-state index is -0.204. The van der Waals surface area contributed by atoms with Gasteiger partial charge in [-0.25, -0.2) is 0 Å². The van der Waals surface area contributed by atoms with Gasteiger partial charge in [0.1, 0.15) is 17.2 Å². The number of Topliss-reactive ketones (excluding diaryl/α,β-unsaturated/α-hetero) is 2. The van der Waals surface area contributed by atoms with Crippen LogP contribution in [-0.2, 0) is 0 Å². The maximum atomic E-state index is 12.8. The summed E-state index contributed by atoms with van der Waals surface area (Å²) in [6.07, 6.45) is 1.68. The average Bonchev–Trinajstić information content (AvgIpc) is 3.10. The van der Waals surface area contributed by atoms with Crippen LogP contribution >= 0.6 is 11.6 Å². The van der Waals surface area contributed by atoms with Crippen LogP contribution in [0.5, 0.6) is 17.2 Å². The zero-order chi connectivity index (χ0) is 22.0. The Kier molecular flexibility index (Phi) is 5.78. The number of ether oxygens (including phenoxy) is 3. The molecule has 0 N–H and O–H groups in total. The molecule has 0 amide bonds. The smallest absolute Gasteiger partial charge is 0.231 e. The van der Waals surface area contributed by atoms with Crippen molar-refractivity contribution in [3.05, 3.63) is 93.7 Å². The van der Waals surface area contributed by atoms with Gasteiger partial charge in [0, 0.05) is 16.1 Å². The van der Waals surface area contributed by atoms with Crippen LogP contribution < -0.4 is 14.2 Å². The van der Waals surface area contributed by atoms with Crippen molar-refractivity contribution in [1.29, 1.82) is 0 Å². The lowest BCUT2D eigenvalue weighted by Crippen LogP contribution is -2.12. The standard InChI is InChI=1S/C25H19ClO5/c1-15-22(30-14-21(27)17-6-8-18(26)9-7-17)11-10-20-24(28)23(31-25(15)20)13-16-4-3-5-19(12-16)29-2/h3-13H,14H2,1-2H3/b23-13-. The third-order valence-corrected chi connectivity index (χ3v) is 5.21. The van der Waals surface area contributed by atoms with E-state index in [-0.39, 0.29) is 23.9 Å². The van der Waals surface area contributed by atoms with E-state index in [1.54, 1.807) is 56.5 Å². The largest absolute Gasteiger partial charge is 0.497 e. The van der Waals surface area contributed by atoms with Gasteiger partial charge in [0.25, 0.3) is 0 Å². The summed E-state index contributed by atoms with van der Waals surface area (Å²) in [5.74, 6) is 1.46. The van der Waals surface area contributed by atoms with Crippen molar-refractivity contribution >= 4 is 29.2 Å². The maximum Gasteiger partial charge on any atom is 0.231 e. The van der Waals surface area contributed by atoms with Gasteiger partial charge in [-0.2, -0.15) is 0 Å². The molecule has 0 aliphatic carbocycles. The Balaban J connectivity index is 1.52. The van der Waals surface area contributed by atoms with Crippen molar-refractivity contribution in [2.24, 2.45) is 0 Å². The highest BCUT2D eigenvalue weighted by Gasteiger charge is 2.30. The van der Waals surface area contributed by atoms with Gasteiger partial charge in [-0.3, -0.25) is 9.59 Å². The zero-order valence-electron chi connectivity index (χ0n) is 17.0. The second-order valence-electron chi connectivity index (χ2n) is 7.00. The summed E-state index contributed by atoms with van der Waals surface area (Å²) >= 11 is 5.86. The van der Waals surface area contributed by atoms with Gasteiger partial charge in [0.2, 0.25) is 5.78 Å². The van der Waals surface area contributed by atoms with Crippen LogP contribution in [-0.4, -0.2) is 25.3 Å². The molecule has 156 valence electrons. The average molecular weight is 435 g/mol. The minimum Gasteiger partial charge on any atom is -0.497 e. The van der Waals surface area contributed by atoms with Crippen LogP contribution in [0.3, 0.4) is 0 Å². The van der Waals surface area contributed by atoms with E-state index >= 15 is 0 Å². The summed E-state index contributed by atoms with van der Waals surface area (Å²) < 4.78 is 16.8. The molecule has 1 aliphatic heterocycles. The van der Waals surface area contributed by atoms with E-state index < -0.39 is 0 Å². The third-order valence-electron chi connectivity index (χ3n) is 4.95. The molecule has 0 saturated carbocycles. The van der Waals surface area contributed by atoms with E-state index in [9.17, 15) is 9.59 Å². The molecule has 0 spiro atoms. The summed E-state index contributed by atoms with van der Waals surface area (Å²) in [5.41, 5.74) is 2.42. The van der Waals surface area contributed by atoms with Crippen molar-refractivity contribution in [2.75, 3.05) is 13.7 Å². The maximum absolute atomic E-state index is 12.8. The van der Waals surface area contributed by atoms with Gasteiger partial charge < -0.3 is 14.2 Å². The number of allylic oxidation sites excluding steroid dienone is 1. The Morgan fingerprint density at radius 2 is 1.87 bits per heavy atom. The summed E-state index contributed by atoms with van der Waals surface area (Å²) in [5, 5.41) is 0.562. The fourth-order valence-electron chi connectivity index (χ4n) is 3.27. The second kappa shape index (κ2) is 8.66. The fraction of sp³-hybridized carbons (Fsp3) is 0.120. The first-order valence-electron chi connectivity index (χ1n) is 9.59. The van der Waals surface area contributed by atoms with Crippen molar-refractivity contribution < 1.29 is 23.8 Å². The Labute approximate surface area is 184 Å². The van der Waals surface area contributed by atoms with Gasteiger partial charge in [-0.15, -0.1) is 0 Å². The van der Waals surface area contributed by atoms with E-state index in [0.29, 0.717) is 39.0 Å². The molecule has 5 nitrogen and oxygen atoms in total. The van der Waals surface area contributed by atoms with Gasteiger partial charge in [-0.1, -0.05) is 23.7 Å². The number of carbonyl (C=O) groups is 2. The number of hydrogen-bond donors (Lipinski definition) is 0. The van der Waals surface area contributed by atoms with Crippen LogP contribution in [0.4, 0.5) is 0 Å². The van der Waals surface area contributed by atoms with Crippen molar-refractivity contribution in [1.82, 2.24) is 0 Å². The molecular formula is C25H19ClO5. The Bertz CT molecular complexity index is 1200. The van der Waals surface area contributed by atoms with Crippen molar-refractivity contribution in [2.45, 2.75) is 6.92 Å². The molecule has 4 rings (SSSR count). The van der Waals surface area contributed by atoms with Gasteiger partial charge >= 0.3 is 0 Å². The monoisotopic (exact) mass is 434 g/mol. The molecule has 0 radical (unpaired) electrons. The summed E-state index contributed by atoms with van der Waals surface area (Å²) in [4.78, 5) is 25.1. The van der Waals surface area contributed by atoms with E-state index in [0.717, 1.165) is 5.56 Å². The number of halogens is 1. The first kappa shape index (κ1) is 20.7. The van der Waals surface area contributed by atoms with Crippen LogP contribution in [0.15, 0.2) is 66.4 Å². The van der Waals surface area contributed by atoms with Gasteiger partial charge in [-0.05, 0) is 67.1 Å².